The van der Waals surface area contributed by atoms with Gasteiger partial charge in [-0.05, 0) is 12.8 Å². The number of rotatable bonds is 4. The average Bonchev–Trinajstić information content (AvgIpc) is 3.10. The maximum atomic E-state index is 12.3. The number of nitrogens with two attached hydrogens (primary N) is 1. The molecule has 0 aliphatic heterocycles. The van der Waals surface area contributed by atoms with Crippen molar-refractivity contribution in [3.8, 4) is 11.3 Å². The van der Waals surface area contributed by atoms with Gasteiger partial charge in [-0.2, -0.15) is 0 Å². The highest BCUT2D eigenvalue weighted by Gasteiger charge is 2.36. The van der Waals surface area contributed by atoms with Crippen molar-refractivity contribution >= 4 is 17.1 Å². The molecule has 0 radical (unpaired) electrons. The lowest BCUT2D eigenvalue weighted by molar-refractivity contribution is -0.123. The van der Waals surface area contributed by atoms with Gasteiger partial charge >= 0.3 is 0 Å². The molecule has 2 N–H and O–H groups in total. The van der Waals surface area contributed by atoms with Crippen molar-refractivity contribution in [3.05, 3.63) is 40.7 Å². The molecule has 1 heterocycles. The van der Waals surface area contributed by atoms with E-state index in [9.17, 15) is 4.79 Å². The zero-order valence-corrected chi connectivity index (χ0v) is 12.2. The summed E-state index contributed by atoms with van der Waals surface area (Å²) in [5, 5.41) is 2.88. The molecule has 104 valence electrons. The number of thiazole rings is 1. The van der Waals surface area contributed by atoms with Crippen LogP contribution < -0.4 is 5.73 Å². The van der Waals surface area contributed by atoms with Crippen LogP contribution in [0.25, 0.3) is 11.3 Å². The van der Waals surface area contributed by atoms with Crippen molar-refractivity contribution < 1.29 is 4.79 Å². The molecule has 1 aliphatic rings. The van der Waals surface area contributed by atoms with Gasteiger partial charge in [0.15, 0.2) is 5.78 Å². The molecule has 20 heavy (non-hydrogen) atoms. The lowest BCUT2D eigenvalue weighted by Gasteiger charge is -2.20. The van der Waals surface area contributed by atoms with Gasteiger partial charge in [0.25, 0.3) is 0 Å². The zero-order chi connectivity index (χ0) is 14.0. The predicted molar refractivity (Wildman–Crippen MR) is 81.6 cm³/mol. The quantitative estimate of drug-likeness (QED) is 0.939. The molecule has 3 nitrogen and oxygen atoms in total. The van der Waals surface area contributed by atoms with Crippen molar-refractivity contribution in [2.75, 3.05) is 0 Å². The van der Waals surface area contributed by atoms with E-state index in [0.717, 1.165) is 41.9 Å². The molecule has 0 spiro atoms. The lowest BCUT2D eigenvalue weighted by Crippen LogP contribution is -2.46. The van der Waals surface area contributed by atoms with Gasteiger partial charge in [-0.1, -0.05) is 43.2 Å². The second-order valence-electron chi connectivity index (χ2n) is 5.46. The van der Waals surface area contributed by atoms with Gasteiger partial charge in [-0.25, -0.2) is 4.98 Å². The minimum Gasteiger partial charge on any atom is -0.319 e. The molecule has 2 aromatic rings. The molecule has 3 rings (SSSR count). The number of Topliss-reactive ketones (excluding diaryl/α,β-unsaturated/α-hetero) is 1. The minimum absolute atomic E-state index is 0.143. The van der Waals surface area contributed by atoms with E-state index >= 15 is 0 Å². The number of benzene rings is 1. The van der Waals surface area contributed by atoms with Crippen molar-refractivity contribution in [2.45, 2.75) is 37.6 Å². The van der Waals surface area contributed by atoms with Crippen LogP contribution in [0.5, 0.6) is 0 Å². The second-order valence-corrected chi connectivity index (χ2v) is 6.40. The number of ketones is 1. The van der Waals surface area contributed by atoms with Crippen molar-refractivity contribution in [1.82, 2.24) is 4.98 Å². The molecule has 0 unspecified atom stereocenters. The van der Waals surface area contributed by atoms with E-state index in [1.165, 1.54) is 0 Å². The van der Waals surface area contributed by atoms with Crippen LogP contribution in [0.15, 0.2) is 35.7 Å². The third kappa shape index (κ3) is 2.67. The van der Waals surface area contributed by atoms with Crippen molar-refractivity contribution in [3.63, 3.8) is 0 Å². The fourth-order valence-corrected chi connectivity index (χ4v) is 3.53. The smallest absolute Gasteiger partial charge is 0.159 e. The molecule has 4 heteroatoms. The van der Waals surface area contributed by atoms with Crippen LogP contribution in [0.4, 0.5) is 0 Å². The Morgan fingerprint density at radius 2 is 1.95 bits per heavy atom. The largest absolute Gasteiger partial charge is 0.319 e. The van der Waals surface area contributed by atoms with Gasteiger partial charge in [0.2, 0.25) is 0 Å². The van der Waals surface area contributed by atoms with Gasteiger partial charge in [-0.15, -0.1) is 11.3 Å². The summed E-state index contributed by atoms with van der Waals surface area (Å²) < 4.78 is 0. The second kappa shape index (κ2) is 5.46. The summed E-state index contributed by atoms with van der Waals surface area (Å²) in [5.41, 5.74) is 7.63. The Labute approximate surface area is 122 Å². The van der Waals surface area contributed by atoms with E-state index in [4.69, 9.17) is 5.73 Å². The van der Waals surface area contributed by atoms with E-state index in [0.29, 0.717) is 6.42 Å². The summed E-state index contributed by atoms with van der Waals surface area (Å²) in [6.07, 6.45) is 4.14. The van der Waals surface area contributed by atoms with E-state index in [-0.39, 0.29) is 5.78 Å². The third-order valence-corrected chi connectivity index (χ3v) is 4.83. The Kier molecular flexibility index (Phi) is 3.68. The zero-order valence-electron chi connectivity index (χ0n) is 11.3. The van der Waals surface area contributed by atoms with Gasteiger partial charge < -0.3 is 5.73 Å². The van der Waals surface area contributed by atoms with Gasteiger partial charge in [0.1, 0.15) is 5.01 Å². The Morgan fingerprint density at radius 1 is 1.25 bits per heavy atom. The minimum atomic E-state index is -0.599. The molecule has 0 amide bonds. The summed E-state index contributed by atoms with van der Waals surface area (Å²) >= 11 is 1.54. The highest BCUT2D eigenvalue weighted by Crippen LogP contribution is 2.30. The van der Waals surface area contributed by atoms with Crippen LogP contribution in [-0.4, -0.2) is 16.3 Å². The predicted octanol–water partition coefficient (Wildman–Crippen LogP) is 3.19. The van der Waals surface area contributed by atoms with Crippen LogP contribution in [0.1, 0.15) is 30.7 Å². The molecule has 1 fully saturated rings. The first-order chi connectivity index (χ1) is 9.67. The third-order valence-electron chi connectivity index (χ3n) is 3.98. The van der Waals surface area contributed by atoms with Gasteiger partial charge in [-0.3, -0.25) is 4.79 Å². The average molecular weight is 286 g/mol. The molecular formula is C16H18N2OS. The number of hydrogen-bond donors (Lipinski definition) is 1. The molecule has 1 aromatic carbocycles. The fraction of sp³-hybridized carbons (Fsp3) is 0.375. The first-order valence-corrected chi connectivity index (χ1v) is 7.87. The van der Waals surface area contributed by atoms with Crippen LogP contribution in [-0.2, 0) is 11.2 Å². The van der Waals surface area contributed by atoms with Crippen molar-refractivity contribution in [1.29, 1.82) is 0 Å². The van der Waals surface area contributed by atoms with E-state index in [1.54, 1.807) is 11.3 Å². The Morgan fingerprint density at radius 3 is 2.65 bits per heavy atom. The molecule has 0 bridgehead atoms. The highest BCUT2D eigenvalue weighted by molar-refractivity contribution is 7.10. The SMILES string of the molecule is NC1(C(=O)Cc2nc(-c3ccccc3)cs2)CCCC1. The first kappa shape index (κ1) is 13.5. The molecule has 1 aliphatic carbocycles. The number of carbonyl (C=O) groups excluding carboxylic acids is 1. The maximum absolute atomic E-state index is 12.3. The van der Waals surface area contributed by atoms with E-state index in [1.807, 2.05) is 35.7 Å². The summed E-state index contributed by atoms with van der Waals surface area (Å²) in [5.74, 6) is 0.143. The number of nitrogens with zero attached hydrogens (tertiary/aromatic N) is 1. The molecule has 0 atom stereocenters. The van der Waals surface area contributed by atoms with Crippen molar-refractivity contribution in [2.24, 2.45) is 5.73 Å². The number of aromatic nitrogens is 1. The van der Waals surface area contributed by atoms with Crippen LogP contribution in [0.3, 0.4) is 0 Å². The summed E-state index contributed by atoms with van der Waals surface area (Å²) in [6.45, 7) is 0. The number of carbonyl (C=O) groups is 1. The first-order valence-electron chi connectivity index (χ1n) is 6.99. The van der Waals surface area contributed by atoms with Crippen LogP contribution in [0, 0.1) is 0 Å². The Bertz CT molecular complexity index is 600. The van der Waals surface area contributed by atoms with E-state index < -0.39 is 5.54 Å². The normalized spacial score (nSPS) is 17.2. The van der Waals surface area contributed by atoms with Gasteiger partial charge in [0, 0.05) is 10.9 Å². The highest BCUT2D eigenvalue weighted by atomic mass is 32.1. The summed E-state index contributed by atoms with van der Waals surface area (Å²) in [7, 11) is 0. The summed E-state index contributed by atoms with van der Waals surface area (Å²) in [4.78, 5) is 16.9. The van der Waals surface area contributed by atoms with E-state index in [2.05, 4.69) is 4.98 Å². The monoisotopic (exact) mass is 286 g/mol. The molecule has 1 aromatic heterocycles. The summed E-state index contributed by atoms with van der Waals surface area (Å²) in [6, 6.07) is 10.0. The Hall–Kier alpha value is -1.52. The fourth-order valence-electron chi connectivity index (χ4n) is 2.73. The molecular weight excluding hydrogens is 268 g/mol. The standard InChI is InChI=1S/C16H18N2OS/c17-16(8-4-5-9-16)14(19)10-15-18-13(11-20-15)12-6-2-1-3-7-12/h1-3,6-7,11H,4-5,8-10,17H2. The van der Waals surface area contributed by atoms with Crippen LogP contribution >= 0.6 is 11.3 Å². The molecule has 1 saturated carbocycles. The molecule has 0 saturated heterocycles. The van der Waals surface area contributed by atoms with Gasteiger partial charge in [0.05, 0.1) is 17.7 Å². The van der Waals surface area contributed by atoms with Crippen LogP contribution in [0.2, 0.25) is 0 Å². The maximum Gasteiger partial charge on any atom is 0.159 e. The Balaban J connectivity index is 1.73. The topological polar surface area (TPSA) is 56.0 Å². The number of hydrogen-bond acceptors (Lipinski definition) is 4. The lowest BCUT2D eigenvalue weighted by atomic mass is 9.91.